The number of nitrogens with two attached hydrogens (primary N) is 1. The van der Waals surface area contributed by atoms with Gasteiger partial charge in [0.25, 0.3) is 0 Å². The normalized spacial score (nSPS) is 25.4. The van der Waals surface area contributed by atoms with E-state index in [9.17, 15) is 8.42 Å². The lowest BCUT2D eigenvalue weighted by molar-refractivity contribution is 0.495. The van der Waals surface area contributed by atoms with Crippen molar-refractivity contribution in [1.82, 2.24) is 0 Å². The Morgan fingerprint density at radius 3 is 2.45 bits per heavy atom. The Morgan fingerprint density at radius 1 is 1.25 bits per heavy atom. The van der Waals surface area contributed by atoms with Crippen molar-refractivity contribution >= 4 is 21.6 Å². The van der Waals surface area contributed by atoms with E-state index in [2.05, 4.69) is 24.3 Å². The molecule has 0 spiro atoms. The molecule has 5 heteroatoms. The molecule has 0 aromatic heterocycles. The van der Waals surface area contributed by atoms with Crippen molar-refractivity contribution in [3.8, 4) is 0 Å². The number of benzene rings is 1. The van der Waals surface area contributed by atoms with Gasteiger partial charge >= 0.3 is 0 Å². The number of thioether (sulfide) groups is 1. The van der Waals surface area contributed by atoms with Crippen LogP contribution in [0.4, 0.5) is 0 Å². The second-order valence-corrected chi connectivity index (χ2v) is 9.42. The van der Waals surface area contributed by atoms with Gasteiger partial charge in [0.2, 0.25) is 0 Å². The summed E-state index contributed by atoms with van der Waals surface area (Å²) >= 11 is 1.80. The van der Waals surface area contributed by atoms with Crippen LogP contribution in [0, 0.1) is 0 Å². The van der Waals surface area contributed by atoms with Crippen LogP contribution in [0.15, 0.2) is 29.2 Å². The van der Waals surface area contributed by atoms with Crippen molar-refractivity contribution < 1.29 is 8.42 Å². The zero-order valence-electron chi connectivity index (χ0n) is 12.1. The van der Waals surface area contributed by atoms with Crippen LogP contribution in [0.5, 0.6) is 0 Å². The maximum Gasteiger partial charge on any atom is 0.150 e. The molecule has 3 nitrogen and oxygen atoms in total. The van der Waals surface area contributed by atoms with Crippen LogP contribution in [0.2, 0.25) is 0 Å². The van der Waals surface area contributed by atoms with Crippen molar-refractivity contribution in [2.24, 2.45) is 5.73 Å². The highest BCUT2D eigenvalue weighted by Gasteiger charge is 2.29. The number of hydrogen-bond donors (Lipinski definition) is 1. The minimum atomic E-state index is -2.90. The Kier molecular flexibility index (Phi) is 5.15. The smallest absolute Gasteiger partial charge is 0.150 e. The van der Waals surface area contributed by atoms with Gasteiger partial charge in [-0.3, -0.25) is 0 Å². The molecular formula is C15H23NO2S2. The van der Waals surface area contributed by atoms with Crippen molar-refractivity contribution in [3.63, 3.8) is 0 Å². The molecule has 112 valence electrons. The molecule has 2 rings (SSSR count). The molecule has 1 aromatic rings. The van der Waals surface area contributed by atoms with Crippen LogP contribution in [-0.2, 0) is 9.84 Å². The first-order valence-corrected chi connectivity index (χ1v) is 9.91. The van der Waals surface area contributed by atoms with E-state index in [-0.39, 0.29) is 11.3 Å². The molecule has 0 saturated heterocycles. The van der Waals surface area contributed by atoms with Crippen molar-refractivity contribution in [2.45, 2.75) is 54.0 Å². The summed E-state index contributed by atoms with van der Waals surface area (Å²) in [5.41, 5.74) is 6.97. The summed E-state index contributed by atoms with van der Waals surface area (Å²) in [6.45, 7) is 1.97. The van der Waals surface area contributed by atoms with E-state index in [0.717, 1.165) is 31.2 Å². The topological polar surface area (TPSA) is 60.2 Å². The Balaban J connectivity index is 1.99. The lowest BCUT2D eigenvalue weighted by Gasteiger charge is -2.27. The minimum Gasteiger partial charge on any atom is -0.324 e. The predicted molar refractivity (Wildman–Crippen MR) is 85.8 cm³/mol. The minimum absolute atomic E-state index is 0.0540. The van der Waals surface area contributed by atoms with Crippen molar-refractivity contribution in [1.29, 1.82) is 0 Å². The van der Waals surface area contributed by atoms with Gasteiger partial charge in [0.1, 0.15) is 9.84 Å². The number of sulfone groups is 1. The highest BCUT2D eigenvalue weighted by Crippen LogP contribution is 2.36. The molecule has 2 N–H and O–H groups in total. The fourth-order valence-corrected chi connectivity index (χ4v) is 5.23. The highest BCUT2D eigenvalue weighted by atomic mass is 32.2. The second-order valence-electron chi connectivity index (χ2n) is 5.72. The van der Waals surface area contributed by atoms with E-state index in [1.165, 1.54) is 11.2 Å². The third kappa shape index (κ3) is 4.24. The summed E-state index contributed by atoms with van der Waals surface area (Å²) in [4.78, 5) is 1.20. The molecule has 0 bridgehead atoms. The molecule has 0 heterocycles. The summed E-state index contributed by atoms with van der Waals surface area (Å²) in [5.74, 6) is 0. The van der Waals surface area contributed by atoms with Crippen LogP contribution < -0.4 is 5.73 Å². The van der Waals surface area contributed by atoms with E-state index < -0.39 is 9.84 Å². The Labute approximate surface area is 126 Å². The fourth-order valence-electron chi connectivity index (χ4n) is 2.64. The molecule has 1 aromatic carbocycles. The van der Waals surface area contributed by atoms with Crippen molar-refractivity contribution in [2.75, 3.05) is 6.26 Å². The Morgan fingerprint density at radius 2 is 1.90 bits per heavy atom. The van der Waals surface area contributed by atoms with Gasteiger partial charge in [-0.2, -0.15) is 0 Å². The van der Waals surface area contributed by atoms with Crippen LogP contribution in [0.1, 0.15) is 44.2 Å². The van der Waals surface area contributed by atoms with Gasteiger partial charge < -0.3 is 5.73 Å². The third-order valence-corrected chi connectivity index (χ3v) is 6.84. The first-order chi connectivity index (χ1) is 9.36. The van der Waals surface area contributed by atoms with E-state index in [1.807, 2.05) is 6.92 Å². The molecular weight excluding hydrogens is 290 g/mol. The lowest BCUT2D eigenvalue weighted by Crippen LogP contribution is -2.28. The largest absolute Gasteiger partial charge is 0.324 e. The second kappa shape index (κ2) is 6.50. The molecule has 0 aliphatic heterocycles. The lowest BCUT2D eigenvalue weighted by atomic mass is 10.00. The van der Waals surface area contributed by atoms with Crippen LogP contribution in [-0.4, -0.2) is 25.2 Å². The molecule has 3 unspecified atom stereocenters. The van der Waals surface area contributed by atoms with Gasteiger partial charge in [0, 0.05) is 22.4 Å². The number of rotatable bonds is 4. The predicted octanol–water partition coefficient (Wildman–Crippen LogP) is 3.15. The van der Waals surface area contributed by atoms with Gasteiger partial charge in [0.05, 0.1) is 5.25 Å². The molecule has 20 heavy (non-hydrogen) atoms. The van der Waals surface area contributed by atoms with E-state index >= 15 is 0 Å². The molecule has 1 aliphatic carbocycles. The van der Waals surface area contributed by atoms with Gasteiger partial charge in [-0.25, -0.2) is 8.42 Å². The molecule has 3 atom stereocenters. The highest BCUT2D eigenvalue weighted by molar-refractivity contribution is 8.00. The van der Waals surface area contributed by atoms with Gasteiger partial charge in [-0.1, -0.05) is 18.6 Å². The average Bonchev–Trinajstić information content (AvgIpc) is 2.38. The van der Waals surface area contributed by atoms with Crippen LogP contribution in [0.25, 0.3) is 0 Å². The summed E-state index contributed by atoms with van der Waals surface area (Å²) in [6.07, 6.45) is 5.07. The molecule has 0 amide bonds. The molecule has 0 radical (unpaired) electrons. The molecule has 1 saturated carbocycles. The zero-order valence-corrected chi connectivity index (χ0v) is 13.7. The van der Waals surface area contributed by atoms with E-state index in [4.69, 9.17) is 5.73 Å². The van der Waals surface area contributed by atoms with E-state index in [0.29, 0.717) is 5.25 Å². The van der Waals surface area contributed by atoms with Crippen LogP contribution >= 0.6 is 11.8 Å². The summed E-state index contributed by atoms with van der Waals surface area (Å²) in [7, 11) is -2.90. The zero-order chi connectivity index (χ0) is 14.8. The maximum absolute atomic E-state index is 11.7. The Bertz CT molecular complexity index is 537. The van der Waals surface area contributed by atoms with Gasteiger partial charge in [0.15, 0.2) is 0 Å². The van der Waals surface area contributed by atoms with Gasteiger partial charge in [-0.05, 0) is 43.9 Å². The monoisotopic (exact) mass is 313 g/mol. The molecule has 1 fully saturated rings. The first-order valence-electron chi connectivity index (χ1n) is 7.07. The van der Waals surface area contributed by atoms with Gasteiger partial charge in [-0.15, -0.1) is 11.8 Å². The Hall–Kier alpha value is -0.520. The SMILES string of the molecule is CC(N)c1ccc(SC2CCCC(S(C)(=O)=O)C2)cc1. The summed E-state index contributed by atoms with van der Waals surface area (Å²) in [5, 5.41) is 0.252. The van der Waals surface area contributed by atoms with E-state index in [1.54, 1.807) is 11.8 Å². The quantitative estimate of drug-likeness (QED) is 0.927. The number of hydrogen-bond acceptors (Lipinski definition) is 4. The fraction of sp³-hybridized carbons (Fsp3) is 0.600. The summed E-state index contributed by atoms with van der Waals surface area (Å²) < 4.78 is 23.4. The maximum atomic E-state index is 11.7. The summed E-state index contributed by atoms with van der Waals surface area (Å²) in [6, 6.07) is 8.35. The van der Waals surface area contributed by atoms with Crippen LogP contribution in [0.3, 0.4) is 0 Å². The standard InChI is InChI=1S/C15H23NO2S2/c1-11(16)12-6-8-13(9-7-12)19-14-4-3-5-15(10-14)20(2,17)18/h6-9,11,14-15H,3-5,10,16H2,1-2H3. The molecule has 1 aliphatic rings. The van der Waals surface area contributed by atoms with Crippen molar-refractivity contribution in [3.05, 3.63) is 29.8 Å². The third-order valence-electron chi connectivity index (χ3n) is 3.89. The average molecular weight is 313 g/mol. The first kappa shape index (κ1) is 15.9.